The zero-order valence-electron chi connectivity index (χ0n) is 24.0. The summed E-state index contributed by atoms with van der Waals surface area (Å²) >= 11 is 0. The Morgan fingerprint density at radius 1 is 0.857 bits per heavy atom. The van der Waals surface area contributed by atoms with Crippen LogP contribution in [0.15, 0.2) is 83.7 Å². The number of likely N-dealkylation sites (tertiary alicyclic amines) is 1. The molecule has 3 aromatic carbocycles. The molecule has 42 heavy (non-hydrogen) atoms. The van der Waals surface area contributed by atoms with Gasteiger partial charge in [-0.1, -0.05) is 42.5 Å². The lowest BCUT2D eigenvalue weighted by molar-refractivity contribution is 0.122. The molecule has 0 bridgehead atoms. The van der Waals surface area contributed by atoms with E-state index in [4.69, 9.17) is 9.47 Å². The van der Waals surface area contributed by atoms with E-state index < -0.39 is 0 Å². The summed E-state index contributed by atoms with van der Waals surface area (Å²) in [6, 6.07) is 27.6. The van der Waals surface area contributed by atoms with Crippen molar-refractivity contribution in [2.75, 3.05) is 56.2 Å². The topological polar surface area (TPSA) is 69.8 Å². The van der Waals surface area contributed by atoms with E-state index in [0.717, 1.165) is 98.1 Å². The lowest BCUT2D eigenvalue weighted by Crippen LogP contribution is -2.40. The summed E-state index contributed by atoms with van der Waals surface area (Å²) < 4.78 is 12.0. The summed E-state index contributed by atoms with van der Waals surface area (Å²) in [6.45, 7) is 6.29. The molecule has 0 spiro atoms. The van der Waals surface area contributed by atoms with E-state index in [0.29, 0.717) is 19.3 Å². The highest BCUT2D eigenvalue weighted by Gasteiger charge is 2.24. The van der Waals surface area contributed by atoms with Crippen molar-refractivity contribution in [3.8, 4) is 22.8 Å². The number of pyridine rings is 1. The first kappa shape index (κ1) is 26.8. The van der Waals surface area contributed by atoms with Crippen molar-refractivity contribution >= 4 is 11.4 Å². The fourth-order valence-electron chi connectivity index (χ4n) is 6.43. The number of aromatic amines is 1. The molecule has 7 rings (SSSR count). The SMILES string of the molecule is O=c1cc(N2CCOCC2)cc(-c2cccc3c2Oc2ccc(NC4CCN(CCc5ccccc5)CC4)cc2C3)[nH]1. The van der Waals surface area contributed by atoms with Crippen molar-refractivity contribution in [3.05, 3.63) is 106 Å². The Labute approximate surface area is 247 Å². The highest BCUT2D eigenvalue weighted by atomic mass is 16.5. The van der Waals surface area contributed by atoms with Gasteiger partial charge in [0.2, 0.25) is 5.56 Å². The summed E-state index contributed by atoms with van der Waals surface area (Å²) in [4.78, 5) is 20.5. The van der Waals surface area contributed by atoms with Crippen LogP contribution in [0.3, 0.4) is 0 Å². The highest BCUT2D eigenvalue weighted by Crippen LogP contribution is 2.43. The minimum atomic E-state index is -0.111. The van der Waals surface area contributed by atoms with Crippen LogP contribution >= 0.6 is 0 Å². The van der Waals surface area contributed by atoms with Crippen LogP contribution in [0, 0.1) is 0 Å². The van der Waals surface area contributed by atoms with Gasteiger partial charge in [-0.2, -0.15) is 0 Å². The van der Waals surface area contributed by atoms with Crippen LogP contribution in [-0.2, 0) is 17.6 Å². The molecule has 0 aliphatic carbocycles. The molecule has 2 fully saturated rings. The van der Waals surface area contributed by atoms with Crippen LogP contribution in [0.5, 0.6) is 11.5 Å². The number of anilines is 2. The molecule has 0 amide bonds. The molecule has 0 saturated carbocycles. The van der Waals surface area contributed by atoms with E-state index in [1.807, 2.05) is 6.07 Å². The Balaban J connectivity index is 1.02. The zero-order chi connectivity index (χ0) is 28.3. The van der Waals surface area contributed by atoms with Gasteiger partial charge in [0.15, 0.2) is 0 Å². The second-order valence-corrected chi connectivity index (χ2v) is 11.6. The Hall–Kier alpha value is -4.07. The Bertz CT molecular complexity index is 1590. The number of para-hydroxylation sites is 1. The highest BCUT2D eigenvalue weighted by molar-refractivity contribution is 5.74. The van der Waals surface area contributed by atoms with Gasteiger partial charge < -0.3 is 29.6 Å². The summed E-state index contributed by atoms with van der Waals surface area (Å²) in [5, 5.41) is 3.79. The smallest absolute Gasteiger partial charge is 0.250 e. The van der Waals surface area contributed by atoms with Gasteiger partial charge in [-0.25, -0.2) is 0 Å². The Kier molecular flexibility index (Phi) is 7.68. The number of ether oxygens (including phenoxy) is 2. The monoisotopic (exact) mass is 562 g/mol. The average molecular weight is 563 g/mol. The minimum Gasteiger partial charge on any atom is -0.456 e. The fourth-order valence-corrected chi connectivity index (χ4v) is 6.43. The van der Waals surface area contributed by atoms with Gasteiger partial charge in [-0.3, -0.25) is 4.79 Å². The van der Waals surface area contributed by atoms with Crippen LogP contribution in [0.4, 0.5) is 11.4 Å². The minimum absolute atomic E-state index is 0.111. The second kappa shape index (κ2) is 12.0. The zero-order valence-corrected chi connectivity index (χ0v) is 24.0. The maximum absolute atomic E-state index is 12.6. The third kappa shape index (κ3) is 5.94. The van der Waals surface area contributed by atoms with Gasteiger partial charge in [-0.15, -0.1) is 0 Å². The molecule has 3 aliphatic rings. The predicted octanol–water partition coefficient (Wildman–Crippen LogP) is 5.69. The second-order valence-electron chi connectivity index (χ2n) is 11.6. The molecular weight excluding hydrogens is 524 g/mol. The molecule has 2 saturated heterocycles. The largest absolute Gasteiger partial charge is 0.456 e. The number of hydrogen-bond acceptors (Lipinski definition) is 6. The predicted molar refractivity (Wildman–Crippen MR) is 168 cm³/mol. The van der Waals surface area contributed by atoms with Crippen molar-refractivity contribution in [1.82, 2.24) is 9.88 Å². The number of piperidine rings is 1. The maximum Gasteiger partial charge on any atom is 0.250 e. The summed E-state index contributed by atoms with van der Waals surface area (Å²) in [6.07, 6.45) is 4.20. The number of hydrogen-bond donors (Lipinski definition) is 2. The number of fused-ring (bicyclic) bond motifs is 2. The first-order valence-corrected chi connectivity index (χ1v) is 15.2. The number of nitrogens with one attached hydrogen (secondary N) is 2. The van der Waals surface area contributed by atoms with Gasteiger partial charge in [0.05, 0.1) is 18.9 Å². The standard InChI is InChI=1S/C35H38N4O3/c40-34-24-30(39-17-19-41-20-18-39)23-32(37-34)31-8-4-7-26-21-27-22-29(9-10-33(27)42-35(26)31)36-28-12-15-38(16-13-28)14-11-25-5-2-1-3-6-25/h1-10,22-24,28,36H,11-21H2,(H,37,40). The third-order valence-electron chi connectivity index (χ3n) is 8.76. The Morgan fingerprint density at radius 2 is 1.69 bits per heavy atom. The lowest BCUT2D eigenvalue weighted by atomic mass is 9.95. The van der Waals surface area contributed by atoms with Crippen molar-refractivity contribution < 1.29 is 9.47 Å². The molecule has 7 nitrogen and oxygen atoms in total. The van der Waals surface area contributed by atoms with E-state index in [9.17, 15) is 4.79 Å². The van der Waals surface area contributed by atoms with E-state index in [1.165, 1.54) is 11.1 Å². The number of aromatic nitrogens is 1. The molecular formula is C35H38N4O3. The maximum atomic E-state index is 12.6. The van der Waals surface area contributed by atoms with E-state index >= 15 is 0 Å². The summed E-state index contributed by atoms with van der Waals surface area (Å²) in [5.74, 6) is 1.70. The van der Waals surface area contributed by atoms with E-state index in [-0.39, 0.29) is 5.56 Å². The molecule has 0 radical (unpaired) electrons. The number of nitrogens with zero attached hydrogens (tertiary/aromatic N) is 2. The number of rotatable bonds is 7. The van der Waals surface area contributed by atoms with E-state index in [2.05, 4.69) is 86.8 Å². The Morgan fingerprint density at radius 3 is 2.52 bits per heavy atom. The molecule has 4 heterocycles. The van der Waals surface area contributed by atoms with Gasteiger partial charge in [0.25, 0.3) is 0 Å². The molecule has 3 aliphatic heterocycles. The third-order valence-corrected chi connectivity index (χ3v) is 8.76. The van der Waals surface area contributed by atoms with Gasteiger partial charge in [-0.05, 0) is 60.7 Å². The lowest BCUT2D eigenvalue weighted by Gasteiger charge is -2.33. The molecule has 0 unspecified atom stereocenters. The normalized spacial score (nSPS) is 17.3. The molecule has 0 atom stereocenters. The van der Waals surface area contributed by atoms with Crippen molar-refractivity contribution in [3.63, 3.8) is 0 Å². The first-order chi connectivity index (χ1) is 20.7. The van der Waals surface area contributed by atoms with Crippen molar-refractivity contribution in [2.24, 2.45) is 0 Å². The van der Waals surface area contributed by atoms with Gasteiger partial charge in [0, 0.05) is 73.8 Å². The fraction of sp³-hybridized carbons (Fsp3) is 0.343. The average Bonchev–Trinajstić information content (AvgIpc) is 3.04. The van der Waals surface area contributed by atoms with E-state index in [1.54, 1.807) is 6.07 Å². The summed E-state index contributed by atoms with van der Waals surface area (Å²) in [7, 11) is 0. The van der Waals surface area contributed by atoms with Crippen LogP contribution in [0.1, 0.15) is 29.5 Å². The molecule has 1 aromatic heterocycles. The quantitative estimate of drug-likeness (QED) is 0.266. The molecule has 4 aromatic rings. The number of H-pyrrole nitrogens is 1. The summed E-state index contributed by atoms with van der Waals surface area (Å²) in [5.41, 5.74) is 7.37. The van der Waals surface area contributed by atoms with Crippen LogP contribution in [0.25, 0.3) is 11.3 Å². The first-order valence-electron chi connectivity index (χ1n) is 15.2. The number of benzene rings is 3. The van der Waals surface area contributed by atoms with Crippen molar-refractivity contribution in [2.45, 2.75) is 31.7 Å². The van der Waals surface area contributed by atoms with Crippen molar-refractivity contribution in [1.29, 1.82) is 0 Å². The molecule has 216 valence electrons. The van der Waals surface area contributed by atoms with Crippen LogP contribution in [-0.4, -0.2) is 61.9 Å². The molecule has 2 N–H and O–H groups in total. The van der Waals surface area contributed by atoms with Crippen LogP contribution in [0.2, 0.25) is 0 Å². The van der Waals surface area contributed by atoms with Gasteiger partial charge >= 0.3 is 0 Å². The van der Waals surface area contributed by atoms with Gasteiger partial charge in [0.1, 0.15) is 11.5 Å². The number of morpholine rings is 1. The van der Waals surface area contributed by atoms with Crippen LogP contribution < -0.4 is 20.5 Å². The molecule has 7 heteroatoms.